The number of para-hydroxylation sites is 2. The lowest BCUT2D eigenvalue weighted by Gasteiger charge is -2.29. The molecule has 0 spiro atoms. The van der Waals surface area contributed by atoms with E-state index in [9.17, 15) is 56.4 Å². The highest BCUT2D eigenvalue weighted by Crippen LogP contribution is 2.51. The Morgan fingerprint density at radius 2 is 1.02 bits per heavy atom. The van der Waals surface area contributed by atoms with Gasteiger partial charge in [0.2, 0.25) is 5.88 Å². The first kappa shape index (κ1) is 108. The fraction of sp³-hybridized carbons (Fsp3) is 0.404. The molecule has 7 aromatic carbocycles. The highest BCUT2D eigenvalue weighted by atomic mass is 32.2. The van der Waals surface area contributed by atoms with Gasteiger partial charge in [0.05, 0.1) is 79.4 Å². The van der Waals surface area contributed by atoms with Crippen molar-refractivity contribution in [2.24, 2.45) is 21.7 Å². The number of Topliss-reactive ketones (excluding diaryl/α,β-unsaturated/α-hetero) is 1. The van der Waals surface area contributed by atoms with Crippen LogP contribution in [0.15, 0.2) is 175 Å². The van der Waals surface area contributed by atoms with E-state index in [1.165, 1.54) is 58.1 Å². The summed E-state index contributed by atoms with van der Waals surface area (Å²) in [5, 5.41) is 15.7. The number of hydrogen-bond donors (Lipinski definition) is 0. The molecule has 0 amide bonds. The Morgan fingerprint density at radius 3 is 1.57 bits per heavy atom. The molecule has 0 aliphatic carbocycles. The number of rotatable bonds is 34. The summed E-state index contributed by atoms with van der Waals surface area (Å²) in [4.78, 5) is 132. The number of ether oxygens (including phenoxy) is 11. The molecular formula is C104H122N6O24S3. The largest absolute Gasteiger partial charge is 0.515 e. The molecule has 33 heteroatoms. The maximum absolute atomic E-state index is 13.5. The minimum Gasteiger partial charge on any atom is -0.497 e. The standard InChI is InChI=1S/C32H35N3O7.C31H34O8S2.C21H23N3O3.C20H30O6S/c1-7-32(5,6)29(37)40-20-19-39-28(36)26-25(24-18-17-21-13-11-12-16-23(21)33-24)27(41-30(38)42-31(2,3)4)35(34-26)22-14-9-8-10-15-22;1-8-31(5,6)28(33)37-14-13-36-19-10-12-24-21(16-19)25(38-29(34)39-30(2,3)4)27(41-24)26-22(17-32)20-15-18(35-7)9-11-23(20)40-26;1-4-21(2,3)20(26)27-12-11-15-9-10-16(14-25)19(13-15)24-22-17-7-5-6-8-18(17)23-24;1-8-14(2)16-9-11-17(12-10-16)27(23,24)25-13-20(7,15(3)21)18(22)26-19(4,5)6/h8-18H,7,19-20H2,1-6H3;9-12,15-17H,8,13-14H2,1-7H3;5-10,13-14H,4,11-12H2,1-3H3;9-12,14H,8,13H2,1-7H3. The van der Waals surface area contributed by atoms with Gasteiger partial charge < -0.3 is 52.1 Å². The highest BCUT2D eigenvalue weighted by molar-refractivity contribution is 7.86. The van der Waals surface area contributed by atoms with Crippen LogP contribution in [0.3, 0.4) is 0 Å². The van der Waals surface area contributed by atoms with Crippen LogP contribution in [0.25, 0.3) is 74.5 Å². The zero-order valence-corrected chi connectivity index (χ0v) is 84.3. The lowest BCUT2D eigenvalue weighted by atomic mass is 9.87. The van der Waals surface area contributed by atoms with Crippen molar-refractivity contribution in [3.8, 4) is 55.5 Å². The first-order valence-corrected chi connectivity index (χ1v) is 47.9. The molecule has 30 nitrogen and oxygen atoms in total. The Bertz CT molecular complexity index is 6410. The van der Waals surface area contributed by atoms with E-state index in [1.807, 2.05) is 146 Å². The van der Waals surface area contributed by atoms with Crippen LogP contribution in [0.5, 0.6) is 23.1 Å². The molecule has 5 aromatic heterocycles. The molecule has 2 atom stereocenters. The summed E-state index contributed by atoms with van der Waals surface area (Å²) in [6.45, 7) is 38.5. The lowest BCUT2D eigenvalue weighted by Crippen LogP contribution is -2.44. The van der Waals surface area contributed by atoms with E-state index >= 15 is 0 Å². The van der Waals surface area contributed by atoms with Gasteiger partial charge in [-0.05, 0) is 257 Å². The number of carbonyl (C=O) groups is 10. The molecule has 5 heterocycles. The quantitative estimate of drug-likeness (QED) is 0.00902. The summed E-state index contributed by atoms with van der Waals surface area (Å²) in [7, 11) is -2.54. The van der Waals surface area contributed by atoms with Crippen LogP contribution in [0.4, 0.5) is 9.59 Å². The zero-order valence-electron chi connectivity index (χ0n) is 81.9. The number of benzene rings is 7. The molecule has 0 radical (unpaired) electrons. The predicted molar refractivity (Wildman–Crippen MR) is 524 cm³/mol. The number of nitrogens with zero attached hydrogens (tertiary/aromatic N) is 6. The number of esters is 5. The smallest absolute Gasteiger partial charge is 0.497 e. The van der Waals surface area contributed by atoms with Crippen molar-refractivity contribution in [3.63, 3.8) is 0 Å². The van der Waals surface area contributed by atoms with Gasteiger partial charge in [0.25, 0.3) is 10.1 Å². The lowest BCUT2D eigenvalue weighted by molar-refractivity contribution is -0.170. The van der Waals surface area contributed by atoms with Crippen molar-refractivity contribution in [1.29, 1.82) is 0 Å². The summed E-state index contributed by atoms with van der Waals surface area (Å²) < 4.78 is 93.5. The topological polar surface area (TPSA) is 377 Å². The molecular weight excluding hydrogens is 1810 g/mol. The van der Waals surface area contributed by atoms with E-state index in [1.54, 1.807) is 144 Å². The van der Waals surface area contributed by atoms with Gasteiger partial charge in [-0.25, -0.2) is 19.4 Å². The normalized spacial score (nSPS) is 12.5. The molecule has 0 N–H and O–H groups in total. The molecule has 0 fully saturated rings. The van der Waals surface area contributed by atoms with Gasteiger partial charge in [-0.1, -0.05) is 107 Å². The van der Waals surface area contributed by atoms with Crippen molar-refractivity contribution >= 4 is 135 Å². The maximum Gasteiger partial charge on any atom is 0.515 e. The summed E-state index contributed by atoms with van der Waals surface area (Å²) in [6.07, 6.45) is 3.25. The first-order chi connectivity index (χ1) is 64.4. The van der Waals surface area contributed by atoms with Gasteiger partial charge in [-0.3, -0.25) is 37.7 Å². The summed E-state index contributed by atoms with van der Waals surface area (Å²) in [6, 6.07) is 50.3. The van der Waals surface area contributed by atoms with E-state index in [-0.39, 0.29) is 78.7 Å². The minimum absolute atomic E-state index is 0.0235. The van der Waals surface area contributed by atoms with Gasteiger partial charge in [0.1, 0.15) is 77.0 Å². The molecule has 730 valence electrons. The molecule has 12 aromatic rings. The third-order valence-corrected chi connectivity index (χ3v) is 26.0. The van der Waals surface area contributed by atoms with Crippen molar-refractivity contribution < 1.29 is 113 Å². The number of thiophene rings is 2. The number of ketones is 1. The fourth-order valence-corrected chi connectivity index (χ4v) is 15.9. The second kappa shape index (κ2) is 46.2. The molecule has 0 aliphatic heterocycles. The summed E-state index contributed by atoms with van der Waals surface area (Å²) in [5.74, 6) is -1.34. The number of aldehydes is 2. The number of carbonyl (C=O) groups excluding carboxylic acids is 10. The zero-order chi connectivity index (χ0) is 101. The SMILES string of the molecule is CCC(C)(C)C(=O)OCCOC(=O)c1nn(-c2ccccc2)c(OC(=O)OC(C)(C)C)c1-c1ccc2ccccc2n1.CCC(C)(C)C(=O)OCCOc1ccc2sc(-c3sc4ccc(OC)cc4c3C=O)c(OC(=O)OC(C)(C)C)c2c1.CCC(C)(C)C(=O)OCCc1ccc(C=O)c(-n2nc3ccccc3n2)c1.CCC(C)c1ccc(S(=O)(=O)OCC(C)(C(C)=O)C(=O)OC(C)(C)C)cc1. The number of aromatic nitrogens is 6. The van der Waals surface area contributed by atoms with Crippen LogP contribution < -0.4 is 18.9 Å². The monoisotopic (exact) mass is 1930 g/mol. The first-order valence-electron chi connectivity index (χ1n) is 44.9. The molecule has 137 heavy (non-hydrogen) atoms. The second-order valence-corrected chi connectivity index (χ2v) is 41.1. The second-order valence-electron chi connectivity index (χ2n) is 37.4. The van der Waals surface area contributed by atoms with E-state index in [0.717, 1.165) is 67.7 Å². The van der Waals surface area contributed by atoms with Crippen LogP contribution in [-0.2, 0) is 77.9 Å². The van der Waals surface area contributed by atoms with Crippen LogP contribution in [0.1, 0.15) is 226 Å². The third-order valence-electron chi connectivity index (χ3n) is 22.2. The number of methoxy groups -OCH3 is 1. The Hall–Kier alpha value is -13.1. The maximum atomic E-state index is 13.5. The molecule has 0 saturated carbocycles. The van der Waals surface area contributed by atoms with E-state index < -0.39 is 85.2 Å². The van der Waals surface area contributed by atoms with Gasteiger partial charge in [-0.2, -0.15) is 18.2 Å². The predicted octanol–water partition coefficient (Wildman–Crippen LogP) is 22.4. The van der Waals surface area contributed by atoms with Crippen LogP contribution in [-0.4, -0.2) is 162 Å². The van der Waals surface area contributed by atoms with E-state index in [2.05, 4.69) is 29.1 Å². The van der Waals surface area contributed by atoms with Crippen molar-refractivity contribution in [1.82, 2.24) is 29.8 Å². The minimum atomic E-state index is -4.11. The highest BCUT2D eigenvalue weighted by Gasteiger charge is 2.44. The number of hydrogen-bond acceptors (Lipinski definition) is 30. The average molecular weight is 1940 g/mol. The molecule has 0 saturated heterocycles. The van der Waals surface area contributed by atoms with Gasteiger partial charge >= 0.3 is 42.2 Å². The van der Waals surface area contributed by atoms with Crippen molar-refractivity contribution in [3.05, 3.63) is 198 Å². The van der Waals surface area contributed by atoms with Gasteiger partial charge in [0, 0.05) is 43.1 Å². The molecule has 0 aliphatic rings. The van der Waals surface area contributed by atoms with Crippen LogP contribution in [0.2, 0.25) is 0 Å². The number of fused-ring (bicyclic) bond motifs is 4. The number of pyridine rings is 1. The van der Waals surface area contributed by atoms with Crippen LogP contribution >= 0.6 is 22.7 Å². The Labute approximate surface area is 806 Å². The van der Waals surface area contributed by atoms with E-state index in [4.69, 9.17) is 61.3 Å². The van der Waals surface area contributed by atoms with Gasteiger partial charge in [-0.15, -0.1) is 37.7 Å². The van der Waals surface area contributed by atoms with Crippen LogP contribution in [0, 0.1) is 21.7 Å². The van der Waals surface area contributed by atoms with Crippen molar-refractivity contribution in [2.75, 3.05) is 46.8 Å². The molecule has 2 unspecified atom stereocenters. The molecule has 0 bridgehead atoms. The Kier molecular flexibility index (Phi) is 36.2. The Balaban J connectivity index is 0.000000209. The van der Waals surface area contributed by atoms with Gasteiger partial charge in [0.15, 0.2) is 24.0 Å². The third kappa shape index (κ3) is 28.8. The van der Waals surface area contributed by atoms with Crippen molar-refractivity contribution in [2.45, 2.75) is 212 Å². The average Bonchev–Trinajstić information content (AvgIpc) is 1.58. The summed E-state index contributed by atoms with van der Waals surface area (Å²) >= 11 is 2.83. The Morgan fingerprint density at radius 1 is 0.504 bits per heavy atom. The fourth-order valence-electron chi connectivity index (χ4n) is 12.5. The summed E-state index contributed by atoms with van der Waals surface area (Å²) in [5.41, 5.74) is 0.806. The van der Waals surface area contributed by atoms with E-state index in [0.29, 0.717) is 85.5 Å². The molecule has 12 rings (SSSR count).